The second-order valence-corrected chi connectivity index (χ2v) is 4.54. The third-order valence-electron chi connectivity index (χ3n) is 1.49. The third-order valence-corrected chi connectivity index (χ3v) is 2.11. The van der Waals surface area contributed by atoms with Crippen LogP contribution in [-0.4, -0.2) is 11.3 Å². The van der Waals surface area contributed by atoms with Gasteiger partial charge in [0.2, 0.25) is 5.78 Å². The highest BCUT2D eigenvalue weighted by molar-refractivity contribution is 9.10. The van der Waals surface area contributed by atoms with Gasteiger partial charge in [0.05, 0.1) is 10.7 Å². The van der Waals surface area contributed by atoms with E-state index in [0.717, 1.165) is 0 Å². The predicted octanol–water partition coefficient (Wildman–Crippen LogP) is 2.35. The van der Waals surface area contributed by atoms with Crippen LogP contribution in [0, 0.1) is 0 Å². The molecule has 0 aliphatic heterocycles. The van der Waals surface area contributed by atoms with Crippen LogP contribution in [0.4, 0.5) is 0 Å². The van der Waals surface area contributed by atoms with Crippen molar-refractivity contribution < 1.29 is 9.21 Å². The van der Waals surface area contributed by atoms with Crippen LogP contribution in [0.5, 0.6) is 0 Å². The van der Waals surface area contributed by atoms with E-state index in [4.69, 9.17) is 10.2 Å². The molecule has 4 heteroatoms. The van der Waals surface area contributed by atoms with E-state index in [1.807, 2.05) is 13.8 Å². The maximum Gasteiger partial charge on any atom is 0.200 e. The molecule has 0 radical (unpaired) electrons. The fourth-order valence-electron chi connectivity index (χ4n) is 0.987. The molecule has 0 aromatic carbocycles. The van der Waals surface area contributed by atoms with Gasteiger partial charge in [0.15, 0.2) is 5.76 Å². The Hall–Kier alpha value is -0.610. The maximum atomic E-state index is 11.5. The van der Waals surface area contributed by atoms with Crippen LogP contribution in [0.1, 0.15) is 30.8 Å². The summed E-state index contributed by atoms with van der Waals surface area (Å²) in [7, 11) is 0. The molecular formula is C9H12BrNO2. The summed E-state index contributed by atoms with van der Waals surface area (Å²) in [5.74, 6) is 0.267. The molecule has 0 saturated heterocycles. The van der Waals surface area contributed by atoms with Crippen LogP contribution in [0.15, 0.2) is 21.2 Å². The quantitative estimate of drug-likeness (QED) is 0.833. The summed E-state index contributed by atoms with van der Waals surface area (Å²) in [5, 5.41) is 0. The lowest BCUT2D eigenvalue weighted by Gasteiger charge is -2.15. The zero-order valence-electron chi connectivity index (χ0n) is 7.63. The average molecular weight is 246 g/mol. The summed E-state index contributed by atoms with van der Waals surface area (Å²) in [6, 6.07) is 1.69. The van der Waals surface area contributed by atoms with Gasteiger partial charge in [-0.15, -0.1) is 0 Å². The van der Waals surface area contributed by atoms with Gasteiger partial charge in [0.1, 0.15) is 0 Å². The van der Waals surface area contributed by atoms with E-state index in [0.29, 0.717) is 10.2 Å². The Kier molecular flexibility index (Phi) is 2.93. The van der Waals surface area contributed by atoms with Gasteiger partial charge in [-0.2, -0.15) is 0 Å². The fourth-order valence-corrected chi connectivity index (χ4v) is 1.41. The zero-order valence-corrected chi connectivity index (χ0v) is 9.22. The number of furan rings is 1. The summed E-state index contributed by atoms with van der Waals surface area (Å²) < 4.78 is 5.70. The topological polar surface area (TPSA) is 56.2 Å². The summed E-state index contributed by atoms with van der Waals surface area (Å²) in [6.45, 7) is 3.61. The molecule has 0 unspecified atom stereocenters. The van der Waals surface area contributed by atoms with Crippen molar-refractivity contribution in [1.29, 1.82) is 0 Å². The van der Waals surface area contributed by atoms with Gasteiger partial charge in [-0.1, -0.05) is 0 Å². The van der Waals surface area contributed by atoms with Crippen LogP contribution in [0.3, 0.4) is 0 Å². The Labute approximate surface area is 85.4 Å². The lowest BCUT2D eigenvalue weighted by atomic mass is 9.98. The molecule has 1 rings (SSSR count). The van der Waals surface area contributed by atoms with E-state index in [9.17, 15) is 4.79 Å². The van der Waals surface area contributed by atoms with Gasteiger partial charge in [0.25, 0.3) is 0 Å². The zero-order chi connectivity index (χ0) is 10.1. The monoisotopic (exact) mass is 245 g/mol. The first-order chi connectivity index (χ1) is 5.90. The van der Waals surface area contributed by atoms with Gasteiger partial charge >= 0.3 is 0 Å². The molecule has 13 heavy (non-hydrogen) atoms. The molecule has 0 saturated carbocycles. The van der Waals surface area contributed by atoms with E-state index in [-0.39, 0.29) is 12.2 Å². The van der Waals surface area contributed by atoms with Crippen molar-refractivity contribution in [3.63, 3.8) is 0 Å². The molecule has 72 valence electrons. The van der Waals surface area contributed by atoms with Crippen LogP contribution in [0.2, 0.25) is 0 Å². The van der Waals surface area contributed by atoms with Crippen molar-refractivity contribution in [2.24, 2.45) is 5.73 Å². The maximum absolute atomic E-state index is 11.5. The van der Waals surface area contributed by atoms with Gasteiger partial charge < -0.3 is 10.2 Å². The number of carbonyl (C=O) groups is 1. The van der Waals surface area contributed by atoms with E-state index in [2.05, 4.69) is 15.9 Å². The Morgan fingerprint density at radius 3 is 2.69 bits per heavy atom. The number of halogens is 1. The molecule has 1 heterocycles. The highest BCUT2D eigenvalue weighted by Crippen LogP contribution is 2.21. The first-order valence-electron chi connectivity index (χ1n) is 3.95. The second kappa shape index (κ2) is 3.64. The molecular weight excluding hydrogens is 234 g/mol. The first-order valence-corrected chi connectivity index (χ1v) is 4.74. The largest absolute Gasteiger partial charge is 0.460 e. The highest BCUT2D eigenvalue weighted by Gasteiger charge is 2.21. The number of hydrogen-bond donors (Lipinski definition) is 1. The van der Waals surface area contributed by atoms with Crippen molar-refractivity contribution in [1.82, 2.24) is 0 Å². The SMILES string of the molecule is CC(C)(N)CC(=O)c1occc1Br. The smallest absolute Gasteiger partial charge is 0.200 e. The average Bonchev–Trinajstić information content (AvgIpc) is 2.30. The Morgan fingerprint density at radius 2 is 2.31 bits per heavy atom. The normalized spacial score (nSPS) is 11.7. The van der Waals surface area contributed by atoms with E-state index >= 15 is 0 Å². The van der Waals surface area contributed by atoms with Gasteiger partial charge in [-0.3, -0.25) is 4.79 Å². The number of rotatable bonds is 3. The van der Waals surface area contributed by atoms with Crippen LogP contribution < -0.4 is 5.73 Å². The summed E-state index contributed by atoms with van der Waals surface area (Å²) in [4.78, 5) is 11.5. The molecule has 0 aliphatic rings. The fraction of sp³-hybridized carbons (Fsp3) is 0.444. The minimum Gasteiger partial charge on any atom is -0.460 e. The van der Waals surface area contributed by atoms with Crippen molar-refractivity contribution in [3.05, 3.63) is 22.6 Å². The molecule has 3 nitrogen and oxygen atoms in total. The molecule has 2 N–H and O–H groups in total. The molecule has 0 spiro atoms. The summed E-state index contributed by atoms with van der Waals surface area (Å²) in [5.41, 5.74) is 5.22. The minimum absolute atomic E-state index is 0.0793. The number of nitrogens with two attached hydrogens (primary N) is 1. The van der Waals surface area contributed by atoms with E-state index < -0.39 is 5.54 Å². The Balaban J connectivity index is 2.76. The van der Waals surface area contributed by atoms with Crippen LogP contribution in [0.25, 0.3) is 0 Å². The molecule has 0 fully saturated rings. The number of Topliss-reactive ketones (excluding diaryl/α,β-unsaturated/α-hetero) is 1. The molecule has 1 aromatic rings. The first kappa shape index (κ1) is 10.5. The second-order valence-electron chi connectivity index (χ2n) is 3.69. The predicted molar refractivity (Wildman–Crippen MR) is 53.6 cm³/mol. The Bertz CT molecular complexity index is 312. The van der Waals surface area contributed by atoms with Crippen LogP contribution in [-0.2, 0) is 0 Å². The lowest BCUT2D eigenvalue weighted by Crippen LogP contribution is -2.34. The van der Waals surface area contributed by atoms with Crippen molar-refractivity contribution in [2.45, 2.75) is 25.8 Å². The van der Waals surface area contributed by atoms with Crippen molar-refractivity contribution in [2.75, 3.05) is 0 Å². The van der Waals surface area contributed by atoms with Crippen molar-refractivity contribution >= 4 is 21.7 Å². The molecule has 1 aromatic heterocycles. The summed E-state index contributed by atoms with van der Waals surface area (Å²) in [6.07, 6.45) is 1.75. The molecule has 0 bridgehead atoms. The van der Waals surface area contributed by atoms with Gasteiger partial charge in [0, 0.05) is 12.0 Å². The number of ketones is 1. The van der Waals surface area contributed by atoms with Gasteiger partial charge in [-0.25, -0.2) is 0 Å². The lowest BCUT2D eigenvalue weighted by molar-refractivity contribution is 0.0932. The molecule has 0 aliphatic carbocycles. The van der Waals surface area contributed by atoms with E-state index in [1.54, 1.807) is 6.07 Å². The van der Waals surface area contributed by atoms with Crippen LogP contribution >= 0.6 is 15.9 Å². The molecule has 0 amide bonds. The number of carbonyl (C=O) groups excluding carboxylic acids is 1. The van der Waals surface area contributed by atoms with E-state index in [1.165, 1.54) is 6.26 Å². The standard InChI is InChI=1S/C9H12BrNO2/c1-9(2,11)5-7(12)8-6(10)3-4-13-8/h3-4H,5,11H2,1-2H3. The molecule has 0 atom stereocenters. The van der Waals surface area contributed by atoms with Gasteiger partial charge in [-0.05, 0) is 35.8 Å². The minimum atomic E-state index is -0.497. The Morgan fingerprint density at radius 1 is 1.69 bits per heavy atom. The summed E-state index contributed by atoms with van der Waals surface area (Å²) >= 11 is 3.22. The highest BCUT2D eigenvalue weighted by atomic mass is 79.9. The third kappa shape index (κ3) is 2.97. The number of hydrogen-bond acceptors (Lipinski definition) is 3. The van der Waals surface area contributed by atoms with Crippen molar-refractivity contribution in [3.8, 4) is 0 Å².